The molecule has 1 aromatic heterocycles. The maximum Gasteiger partial charge on any atom is 0.322 e. The number of pyridine rings is 1. The molecule has 0 saturated carbocycles. The molecule has 1 N–H and O–H groups in total. The lowest BCUT2D eigenvalue weighted by Crippen LogP contribution is -2.55. The fraction of sp³-hybridized carbons (Fsp3) is 0.400. The van der Waals surface area contributed by atoms with Crippen molar-refractivity contribution in [1.82, 2.24) is 9.88 Å². The fourth-order valence-corrected chi connectivity index (χ4v) is 4.75. The molecule has 27 heavy (non-hydrogen) atoms. The Morgan fingerprint density at radius 2 is 2.00 bits per heavy atom. The first-order valence-electron chi connectivity index (χ1n) is 9.29. The van der Waals surface area contributed by atoms with Gasteiger partial charge in [-0.25, -0.2) is 9.78 Å². The standard InChI is InChI=1S/C20H27ClN4OSi/c1-15-14-24(19-18(21)9-6-10-22-19)11-12-25(15)20(26)23-16-7-5-8-17(13-16)27(2,3)4/h5-10,13,15H,11-12,14H2,1-4H3,(H,23,26). The number of nitrogens with one attached hydrogen (secondary N) is 1. The lowest BCUT2D eigenvalue weighted by atomic mass is 10.2. The second-order valence-electron chi connectivity index (χ2n) is 8.06. The highest BCUT2D eigenvalue weighted by Crippen LogP contribution is 2.25. The Kier molecular flexibility index (Phi) is 5.77. The van der Waals surface area contributed by atoms with E-state index in [0.29, 0.717) is 24.7 Å². The Labute approximate surface area is 167 Å². The van der Waals surface area contributed by atoms with Crippen LogP contribution in [0.4, 0.5) is 16.3 Å². The smallest absolute Gasteiger partial charge is 0.322 e. The van der Waals surface area contributed by atoms with Crippen molar-refractivity contribution < 1.29 is 4.79 Å². The van der Waals surface area contributed by atoms with E-state index in [4.69, 9.17) is 11.6 Å². The minimum absolute atomic E-state index is 0.0537. The highest BCUT2D eigenvalue weighted by Gasteiger charge is 2.29. The van der Waals surface area contributed by atoms with Gasteiger partial charge in [0.25, 0.3) is 0 Å². The second-order valence-corrected chi connectivity index (χ2v) is 13.5. The largest absolute Gasteiger partial charge is 0.352 e. The van der Waals surface area contributed by atoms with E-state index in [9.17, 15) is 4.79 Å². The molecule has 1 saturated heterocycles. The van der Waals surface area contributed by atoms with Crippen LogP contribution >= 0.6 is 11.6 Å². The summed E-state index contributed by atoms with van der Waals surface area (Å²) in [6, 6.07) is 11.9. The van der Waals surface area contributed by atoms with E-state index < -0.39 is 8.07 Å². The maximum absolute atomic E-state index is 12.8. The summed E-state index contributed by atoms with van der Waals surface area (Å²) in [4.78, 5) is 21.2. The first-order valence-corrected chi connectivity index (χ1v) is 13.2. The molecule has 0 radical (unpaired) electrons. The van der Waals surface area contributed by atoms with Crippen LogP contribution in [0.15, 0.2) is 42.6 Å². The Morgan fingerprint density at radius 3 is 2.67 bits per heavy atom. The molecule has 1 fully saturated rings. The first-order chi connectivity index (χ1) is 12.8. The van der Waals surface area contributed by atoms with Gasteiger partial charge in [0, 0.05) is 37.6 Å². The first kappa shape index (κ1) is 19.7. The molecule has 144 valence electrons. The van der Waals surface area contributed by atoms with Gasteiger partial charge in [-0.05, 0) is 31.2 Å². The number of nitrogens with zero attached hydrogens (tertiary/aromatic N) is 3. The predicted octanol–water partition coefficient (Wildman–Crippen LogP) is 4.02. The number of carbonyl (C=O) groups excluding carboxylic acids is 1. The van der Waals surface area contributed by atoms with Gasteiger partial charge in [-0.1, -0.05) is 48.6 Å². The van der Waals surface area contributed by atoms with Gasteiger partial charge < -0.3 is 15.1 Å². The second kappa shape index (κ2) is 7.90. The quantitative estimate of drug-likeness (QED) is 0.788. The number of carbonyl (C=O) groups is 1. The summed E-state index contributed by atoms with van der Waals surface area (Å²) in [5, 5.41) is 5.05. The molecule has 1 aliphatic heterocycles. The van der Waals surface area contributed by atoms with E-state index >= 15 is 0 Å². The van der Waals surface area contributed by atoms with Crippen molar-refractivity contribution in [3.63, 3.8) is 0 Å². The summed E-state index contributed by atoms with van der Waals surface area (Å²) in [6.07, 6.45) is 1.75. The number of hydrogen-bond acceptors (Lipinski definition) is 3. The summed E-state index contributed by atoms with van der Waals surface area (Å²) < 4.78 is 0. The monoisotopic (exact) mass is 402 g/mol. The van der Waals surface area contributed by atoms with Crippen molar-refractivity contribution in [2.45, 2.75) is 32.6 Å². The third kappa shape index (κ3) is 4.62. The fourth-order valence-electron chi connectivity index (χ4n) is 3.32. The molecule has 0 bridgehead atoms. The van der Waals surface area contributed by atoms with Crippen LogP contribution in [0.25, 0.3) is 0 Å². The van der Waals surface area contributed by atoms with E-state index in [1.807, 2.05) is 29.2 Å². The van der Waals surface area contributed by atoms with Crippen LogP contribution in [0, 0.1) is 0 Å². The van der Waals surface area contributed by atoms with E-state index in [1.165, 1.54) is 5.19 Å². The number of rotatable bonds is 3. The van der Waals surface area contributed by atoms with E-state index in [1.54, 1.807) is 6.20 Å². The third-order valence-corrected chi connectivity index (χ3v) is 7.24. The normalized spacial score (nSPS) is 17.7. The Hall–Kier alpha value is -2.05. The van der Waals surface area contributed by atoms with Gasteiger partial charge in [0.1, 0.15) is 5.82 Å². The number of anilines is 2. The molecule has 2 aromatic rings. The minimum Gasteiger partial charge on any atom is -0.352 e. The van der Waals surface area contributed by atoms with E-state index in [2.05, 4.69) is 53.9 Å². The van der Waals surface area contributed by atoms with Crippen molar-refractivity contribution in [3.8, 4) is 0 Å². The number of piperazine rings is 1. The molecule has 3 rings (SSSR count). The topological polar surface area (TPSA) is 48.5 Å². The summed E-state index contributed by atoms with van der Waals surface area (Å²) in [5.74, 6) is 0.786. The van der Waals surface area contributed by atoms with Gasteiger partial charge in [0.05, 0.1) is 13.1 Å². The summed E-state index contributed by atoms with van der Waals surface area (Å²) >= 11 is 6.27. The molecule has 1 aromatic carbocycles. The predicted molar refractivity (Wildman–Crippen MR) is 116 cm³/mol. The van der Waals surface area contributed by atoms with Crippen molar-refractivity contribution in [2.75, 3.05) is 29.9 Å². The van der Waals surface area contributed by atoms with Crippen LogP contribution in [0.3, 0.4) is 0 Å². The minimum atomic E-state index is -1.41. The number of halogens is 1. The molecule has 1 aliphatic rings. The van der Waals surface area contributed by atoms with Crippen LogP contribution in [-0.2, 0) is 0 Å². The zero-order valence-corrected chi connectivity index (χ0v) is 18.1. The Morgan fingerprint density at radius 1 is 1.22 bits per heavy atom. The lowest BCUT2D eigenvalue weighted by molar-refractivity contribution is 0.184. The van der Waals surface area contributed by atoms with Gasteiger partial charge >= 0.3 is 6.03 Å². The average Bonchev–Trinajstić information content (AvgIpc) is 2.61. The van der Waals surface area contributed by atoms with Crippen LogP contribution in [-0.4, -0.2) is 49.7 Å². The highest BCUT2D eigenvalue weighted by molar-refractivity contribution is 6.88. The van der Waals surface area contributed by atoms with Crippen molar-refractivity contribution in [1.29, 1.82) is 0 Å². The SMILES string of the molecule is CC1CN(c2ncccc2Cl)CCN1C(=O)Nc1cccc([Si](C)(C)C)c1. The van der Waals surface area contributed by atoms with Gasteiger partial charge in [-0.2, -0.15) is 0 Å². The number of hydrogen-bond donors (Lipinski definition) is 1. The van der Waals surface area contributed by atoms with Crippen molar-refractivity contribution >= 4 is 42.4 Å². The zero-order valence-electron chi connectivity index (χ0n) is 16.4. The molecule has 5 nitrogen and oxygen atoms in total. The maximum atomic E-state index is 12.8. The number of urea groups is 1. The number of aromatic nitrogens is 1. The highest BCUT2D eigenvalue weighted by atomic mass is 35.5. The molecule has 2 amide bonds. The van der Waals surface area contributed by atoms with Gasteiger partial charge in [-0.15, -0.1) is 0 Å². The molecular weight excluding hydrogens is 376 g/mol. The molecule has 2 heterocycles. The average molecular weight is 403 g/mol. The third-order valence-electron chi connectivity index (χ3n) is 4.91. The molecule has 0 spiro atoms. The lowest BCUT2D eigenvalue weighted by Gasteiger charge is -2.40. The summed E-state index contributed by atoms with van der Waals surface area (Å²) in [7, 11) is -1.41. The van der Waals surface area contributed by atoms with Gasteiger partial charge in [-0.3, -0.25) is 0 Å². The van der Waals surface area contributed by atoms with Crippen LogP contribution in [0.1, 0.15) is 6.92 Å². The molecular formula is C20H27ClN4OSi. The number of benzene rings is 1. The molecule has 7 heteroatoms. The number of amides is 2. The van der Waals surface area contributed by atoms with Crippen molar-refractivity contribution in [3.05, 3.63) is 47.6 Å². The van der Waals surface area contributed by atoms with Gasteiger partial charge in [0.15, 0.2) is 0 Å². The summed E-state index contributed by atoms with van der Waals surface area (Å²) in [5.41, 5.74) is 0.863. The molecule has 0 aliphatic carbocycles. The van der Waals surface area contributed by atoms with Crippen LogP contribution in [0.2, 0.25) is 24.7 Å². The Bertz CT molecular complexity index is 824. The van der Waals surface area contributed by atoms with E-state index in [-0.39, 0.29) is 12.1 Å². The molecule has 1 atom stereocenters. The summed E-state index contributed by atoms with van der Waals surface area (Å²) in [6.45, 7) is 11.0. The Balaban J connectivity index is 1.66. The van der Waals surface area contributed by atoms with E-state index in [0.717, 1.165) is 11.5 Å². The van der Waals surface area contributed by atoms with Crippen LogP contribution in [0.5, 0.6) is 0 Å². The van der Waals surface area contributed by atoms with Crippen molar-refractivity contribution in [2.24, 2.45) is 0 Å². The zero-order chi connectivity index (χ0) is 19.6. The molecule has 1 unspecified atom stereocenters. The van der Waals surface area contributed by atoms with Gasteiger partial charge in [0.2, 0.25) is 0 Å². The van der Waals surface area contributed by atoms with Crippen LogP contribution < -0.4 is 15.4 Å².